The molecule has 0 spiro atoms. The third-order valence-electron chi connectivity index (χ3n) is 3.77. The molecule has 1 saturated heterocycles. The summed E-state index contributed by atoms with van der Waals surface area (Å²) in [5, 5.41) is 3.03. The number of hydrogen-bond donors (Lipinski definition) is 1. The molecule has 1 aromatic rings. The fourth-order valence-electron chi connectivity index (χ4n) is 2.46. The van der Waals surface area contributed by atoms with Gasteiger partial charge >= 0.3 is 0 Å². The Morgan fingerprint density at radius 3 is 2.90 bits per heavy atom. The first kappa shape index (κ1) is 14.5. The number of aldehydes is 1. The molecule has 5 nitrogen and oxygen atoms in total. The Morgan fingerprint density at radius 1 is 1.43 bits per heavy atom. The first-order valence-electron chi connectivity index (χ1n) is 7.08. The van der Waals surface area contributed by atoms with E-state index in [-0.39, 0.29) is 11.9 Å². The van der Waals surface area contributed by atoms with Crippen molar-refractivity contribution in [2.75, 3.05) is 24.7 Å². The van der Waals surface area contributed by atoms with Crippen LogP contribution >= 0.6 is 15.9 Å². The average Bonchev–Trinajstić information content (AvgIpc) is 3.31. The van der Waals surface area contributed by atoms with E-state index in [2.05, 4.69) is 21.2 Å². The summed E-state index contributed by atoms with van der Waals surface area (Å²) in [4.78, 5) is 25.2. The van der Waals surface area contributed by atoms with Gasteiger partial charge in [0.05, 0.1) is 18.9 Å². The van der Waals surface area contributed by atoms with Gasteiger partial charge in [0.15, 0.2) is 0 Å². The predicted molar refractivity (Wildman–Crippen MR) is 82.6 cm³/mol. The van der Waals surface area contributed by atoms with E-state index in [0.717, 1.165) is 29.3 Å². The monoisotopic (exact) mass is 352 g/mol. The average molecular weight is 353 g/mol. The highest BCUT2D eigenvalue weighted by Crippen LogP contribution is 2.30. The van der Waals surface area contributed by atoms with Crippen molar-refractivity contribution in [3.63, 3.8) is 0 Å². The van der Waals surface area contributed by atoms with Gasteiger partial charge in [-0.05, 0) is 47.0 Å². The highest BCUT2D eigenvalue weighted by atomic mass is 79.9. The maximum absolute atomic E-state index is 12.4. The molecular weight excluding hydrogens is 336 g/mol. The lowest BCUT2D eigenvalue weighted by Crippen LogP contribution is -2.54. The fraction of sp³-hybridized carbons (Fsp3) is 0.467. The Morgan fingerprint density at radius 2 is 2.24 bits per heavy atom. The van der Waals surface area contributed by atoms with Gasteiger partial charge in [0.2, 0.25) is 5.91 Å². The molecule has 1 saturated carbocycles. The molecule has 1 amide bonds. The number of halogens is 1. The summed E-state index contributed by atoms with van der Waals surface area (Å²) in [5.41, 5.74) is 1.53. The van der Waals surface area contributed by atoms with Crippen molar-refractivity contribution in [3.8, 4) is 0 Å². The summed E-state index contributed by atoms with van der Waals surface area (Å²) in [5.74, 6) is 0.0172. The van der Waals surface area contributed by atoms with Gasteiger partial charge in [-0.3, -0.25) is 9.59 Å². The summed E-state index contributed by atoms with van der Waals surface area (Å²) in [6, 6.07) is 5.42. The van der Waals surface area contributed by atoms with Gasteiger partial charge in [-0.2, -0.15) is 0 Å². The number of nitrogens with one attached hydrogen (secondary N) is 1. The molecule has 6 heteroatoms. The Balaban J connectivity index is 1.82. The Labute approximate surface area is 131 Å². The lowest BCUT2D eigenvalue weighted by molar-refractivity contribution is -0.124. The third kappa shape index (κ3) is 3.27. The van der Waals surface area contributed by atoms with Crippen molar-refractivity contribution in [1.82, 2.24) is 5.32 Å². The van der Waals surface area contributed by atoms with Crippen LogP contribution < -0.4 is 10.2 Å². The molecule has 1 aliphatic heterocycles. The van der Waals surface area contributed by atoms with Crippen LogP contribution in [0.5, 0.6) is 0 Å². The SMILES string of the molecule is O=Cc1ccc(N2CCOCC2C(=O)NC2CC2)c(Br)c1. The zero-order chi connectivity index (χ0) is 14.8. The summed E-state index contributed by atoms with van der Waals surface area (Å²) < 4.78 is 6.29. The quantitative estimate of drug-likeness (QED) is 0.838. The van der Waals surface area contributed by atoms with E-state index < -0.39 is 0 Å². The smallest absolute Gasteiger partial charge is 0.245 e. The first-order valence-corrected chi connectivity index (χ1v) is 7.88. The lowest BCUT2D eigenvalue weighted by Gasteiger charge is -2.37. The molecule has 21 heavy (non-hydrogen) atoms. The van der Waals surface area contributed by atoms with E-state index in [9.17, 15) is 9.59 Å². The van der Waals surface area contributed by atoms with Crippen LogP contribution in [0, 0.1) is 0 Å². The van der Waals surface area contributed by atoms with Crippen LogP contribution in [0.25, 0.3) is 0 Å². The number of carbonyl (C=O) groups is 2. The van der Waals surface area contributed by atoms with Crippen molar-refractivity contribution in [2.24, 2.45) is 0 Å². The van der Waals surface area contributed by atoms with E-state index in [0.29, 0.717) is 31.4 Å². The molecular formula is C15H17BrN2O3. The number of carbonyl (C=O) groups excluding carboxylic acids is 2. The normalized spacial score (nSPS) is 22.0. The highest BCUT2D eigenvalue weighted by molar-refractivity contribution is 9.10. The van der Waals surface area contributed by atoms with Gasteiger partial charge in [0.25, 0.3) is 0 Å². The third-order valence-corrected chi connectivity index (χ3v) is 4.41. The number of nitrogens with zero attached hydrogens (tertiary/aromatic N) is 1. The van der Waals surface area contributed by atoms with Gasteiger partial charge in [0.1, 0.15) is 12.3 Å². The number of hydrogen-bond acceptors (Lipinski definition) is 4. The molecule has 1 N–H and O–H groups in total. The standard InChI is InChI=1S/C15H17BrN2O3/c16-12-7-10(8-19)1-4-13(12)18-5-6-21-9-14(18)15(20)17-11-2-3-11/h1,4,7-8,11,14H,2-3,5-6,9H2,(H,17,20). The van der Waals surface area contributed by atoms with Crippen molar-refractivity contribution in [3.05, 3.63) is 28.2 Å². The van der Waals surface area contributed by atoms with Crippen molar-refractivity contribution in [1.29, 1.82) is 0 Å². The van der Waals surface area contributed by atoms with E-state index in [1.807, 2.05) is 11.0 Å². The number of anilines is 1. The molecule has 1 unspecified atom stereocenters. The van der Waals surface area contributed by atoms with Gasteiger partial charge in [0, 0.05) is 22.6 Å². The number of morpholine rings is 1. The van der Waals surface area contributed by atoms with E-state index in [1.165, 1.54) is 0 Å². The van der Waals surface area contributed by atoms with Crippen LogP contribution in [-0.2, 0) is 9.53 Å². The highest BCUT2D eigenvalue weighted by Gasteiger charge is 2.33. The zero-order valence-electron chi connectivity index (χ0n) is 11.5. The second-order valence-electron chi connectivity index (χ2n) is 5.40. The topological polar surface area (TPSA) is 58.6 Å². The molecule has 0 bridgehead atoms. The molecule has 1 atom stereocenters. The van der Waals surface area contributed by atoms with Gasteiger partial charge < -0.3 is 15.0 Å². The zero-order valence-corrected chi connectivity index (χ0v) is 13.1. The van der Waals surface area contributed by atoms with E-state index >= 15 is 0 Å². The minimum Gasteiger partial charge on any atom is -0.377 e. The lowest BCUT2D eigenvalue weighted by atomic mass is 10.1. The minimum atomic E-state index is -0.322. The summed E-state index contributed by atoms with van der Waals surface area (Å²) in [7, 11) is 0. The van der Waals surface area contributed by atoms with Crippen LogP contribution in [0.4, 0.5) is 5.69 Å². The van der Waals surface area contributed by atoms with Crippen LogP contribution in [0.15, 0.2) is 22.7 Å². The predicted octanol–water partition coefficient (Wildman–Crippen LogP) is 1.75. The van der Waals surface area contributed by atoms with Crippen LogP contribution in [0.1, 0.15) is 23.2 Å². The van der Waals surface area contributed by atoms with E-state index in [1.54, 1.807) is 12.1 Å². The molecule has 0 radical (unpaired) electrons. The van der Waals surface area contributed by atoms with Crippen LogP contribution in [-0.4, -0.2) is 44.0 Å². The molecule has 0 aromatic heterocycles. The second kappa shape index (κ2) is 6.15. The molecule has 1 aliphatic carbocycles. The van der Waals surface area contributed by atoms with E-state index in [4.69, 9.17) is 4.74 Å². The Hall–Kier alpha value is -1.40. The van der Waals surface area contributed by atoms with Crippen LogP contribution in [0.2, 0.25) is 0 Å². The van der Waals surface area contributed by atoms with Crippen LogP contribution in [0.3, 0.4) is 0 Å². The first-order chi connectivity index (χ1) is 10.2. The molecule has 1 heterocycles. The number of amides is 1. The van der Waals surface area contributed by atoms with Crippen molar-refractivity contribution < 1.29 is 14.3 Å². The maximum atomic E-state index is 12.4. The van der Waals surface area contributed by atoms with Gasteiger partial charge in [-0.1, -0.05) is 0 Å². The number of ether oxygens (including phenoxy) is 1. The fourth-order valence-corrected chi connectivity index (χ4v) is 3.09. The summed E-state index contributed by atoms with van der Waals surface area (Å²) in [6.45, 7) is 1.64. The van der Waals surface area contributed by atoms with Gasteiger partial charge in [-0.25, -0.2) is 0 Å². The molecule has 2 aliphatic rings. The summed E-state index contributed by atoms with van der Waals surface area (Å²) >= 11 is 3.49. The number of rotatable bonds is 4. The molecule has 2 fully saturated rings. The molecule has 3 rings (SSSR count). The minimum absolute atomic E-state index is 0.0172. The largest absolute Gasteiger partial charge is 0.377 e. The number of benzene rings is 1. The molecule has 1 aromatic carbocycles. The van der Waals surface area contributed by atoms with Crippen molar-refractivity contribution in [2.45, 2.75) is 24.9 Å². The Kier molecular flexibility index (Phi) is 4.26. The maximum Gasteiger partial charge on any atom is 0.245 e. The van der Waals surface area contributed by atoms with Gasteiger partial charge in [-0.15, -0.1) is 0 Å². The summed E-state index contributed by atoms with van der Waals surface area (Å²) in [6.07, 6.45) is 2.94. The Bertz CT molecular complexity index is 560. The molecule has 112 valence electrons. The van der Waals surface area contributed by atoms with Crippen molar-refractivity contribution >= 4 is 33.8 Å². The second-order valence-corrected chi connectivity index (χ2v) is 6.25.